The van der Waals surface area contributed by atoms with Crippen LogP contribution in [0.4, 0.5) is 0 Å². The van der Waals surface area contributed by atoms with Crippen LogP contribution in [-0.2, 0) is 96.0 Å². The van der Waals surface area contributed by atoms with Crippen molar-refractivity contribution in [2.75, 3.05) is 32.8 Å². The molecule has 1 unspecified atom stereocenters. The maximum atomic E-state index is 15.3. The molecule has 2 saturated heterocycles. The number of primary amides is 3. The molecule has 4 heterocycles. The number of hydrogen-bond acceptors (Lipinski definition) is 20. The molecule has 40 heteroatoms. The lowest BCUT2D eigenvalue weighted by Crippen LogP contribution is -2.61. The summed E-state index contributed by atoms with van der Waals surface area (Å²) in [5.74, 6) is -15.0. The molecule has 0 aliphatic carbocycles. The van der Waals surface area contributed by atoms with E-state index in [4.69, 9.17) is 28.3 Å². The largest absolute Gasteiger partial charge is 0.394 e. The Morgan fingerprint density at radius 1 is 0.568 bits per heavy atom. The predicted octanol–water partition coefficient (Wildman–Crippen LogP) is -1.13. The van der Waals surface area contributed by atoms with E-state index < -0.39 is 232 Å². The van der Waals surface area contributed by atoms with Gasteiger partial charge in [-0.25, -0.2) is 4.98 Å². The Morgan fingerprint density at radius 2 is 1.13 bits per heavy atom. The van der Waals surface area contributed by atoms with Gasteiger partial charge in [0.15, 0.2) is 5.96 Å². The Hall–Kier alpha value is -12.1. The highest BCUT2D eigenvalue weighted by Crippen LogP contribution is 2.24. The first kappa shape index (κ1) is 102. The van der Waals surface area contributed by atoms with E-state index in [0.717, 1.165) is 41.5 Å². The van der Waals surface area contributed by atoms with Crippen LogP contribution in [0.1, 0.15) is 217 Å². The van der Waals surface area contributed by atoms with Gasteiger partial charge in [0.1, 0.15) is 66.5 Å². The number of hydrogen-bond donors (Lipinski definition) is 22. The van der Waals surface area contributed by atoms with Crippen LogP contribution in [0.15, 0.2) is 73.3 Å². The number of nitrogens with zero attached hydrogens (tertiary/aromatic N) is 2. The molecule has 26 N–H and O–H groups in total. The number of aliphatic hydroxyl groups is 2. The summed E-state index contributed by atoms with van der Waals surface area (Å²) in [5, 5.41) is 64.4. The fourth-order valence-corrected chi connectivity index (χ4v) is 14.8. The molecule has 16 amide bonds. The number of aromatic amines is 2. The summed E-state index contributed by atoms with van der Waals surface area (Å²) < 4.78 is 0. The highest BCUT2D eigenvalue weighted by molar-refractivity contribution is 6.01. The Bertz CT molecular complexity index is 4210. The van der Waals surface area contributed by atoms with Gasteiger partial charge >= 0.3 is 0 Å². The van der Waals surface area contributed by atoms with Crippen molar-refractivity contribution in [2.24, 2.45) is 22.9 Å². The van der Waals surface area contributed by atoms with E-state index >= 15 is 9.59 Å². The van der Waals surface area contributed by atoms with Crippen LogP contribution in [-0.4, -0.2) is 236 Å². The lowest BCUT2D eigenvalue weighted by molar-refractivity contribution is -0.143. The van der Waals surface area contributed by atoms with Crippen LogP contribution in [0.5, 0.6) is 0 Å². The van der Waals surface area contributed by atoms with Crippen molar-refractivity contribution in [1.82, 2.24) is 89.0 Å². The van der Waals surface area contributed by atoms with E-state index in [0.29, 0.717) is 24.0 Å². The number of para-hydroxylation sites is 1. The third kappa shape index (κ3) is 37.1. The van der Waals surface area contributed by atoms with Gasteiger partial charge in [0, 0.05) is 100.0 Å². The van der Waals surface area contributed by atoms with Crippen molar-refractivity contribution in [3.05, 3.63) is 90.1 Å². The van der Waals surface area contributed by atoms with Gasteiger partial charge in [0.05, 0.1) is 25.6 Å². The second-order valence-electron chi connectivity index (χ2n) is 32.0. The first-order chi connectivity index (χ1) is 60.0. The molecule has 0 bridgehead atoms. The van der Waals surface area contributed by atoms with Crippen molar-refractivity contribution >= 4 is 111 Å². The van der Waals surface area contributed by atoms with Crippen LogP contribution < -0.4 is 92.1 Å². The summed E-state index contributed by atoms with van der Waals surface area (Å²) >= 11 is 0. The topological polar surface area (TPSA) is 646 Å². The molecule has 0 radical (unpaired) electrons. The van der Waals surface area contributed by atoms with Crippen molar-refractivity contribution in [3.63, 3.8) is 0 Å². The maximum Gasteiger partial charge on any atom is 0.245 e. The third-order valence-corrected chi connectivity index (χ3v) is 21.8. The molecule has 2 aromatic heterocycles. The molecular weight excluding hydrogens is 1620 g/mol. The zero-order valence-electron chi connectivity index (χ0n) is 71.6. The summed E-state index contributed by atoms with van der Waals surface area (Å²) in [7, 11) is 0. The number of nitrogens with two attached hydrogens (primary N) is 4. The van der Waals surface area contributed by atoms with Crippen molar-refractivity contribution in [2.45, 2.75) is 292 Å². The molecule has 4 aromatic rings. The fraction of sp³-hybridized carbons (Fsp3) is 0.600. The summed E-state index contributed by atoms with van der Waals surface area (Å²) in [6, 6.07) is -1.83. The number of fused-ring (bicyclic) bond motifs is 2. The molecule has 40 nitrogen and oxygen atoms in total. The predicted molar refractivity (Wildman–Crippen MR) is 461 cm³/mol. The van der Waals surface area contributed by atoms with Gasteiger partial charge in [-0.3, -0.25) is 82.1 Å². The lowest BCUT2D eigenvalue weighted by atomic mass is 10.0. The van der Waals surface area contributed by atoms with Crippen molar-refractivity contribution < 1.29 is 86.9 Å². The molecule has 2 aliphatic rings. The van der Waals surface area contributed by atoms with Crippen molar-refractivity contribution in [1.29, 1.82) is 5.41 Å². The number of amides is 16. The van der Waals surface area contributed by atoms with E-state index in [2.05, 4.69) is 91.0 Å². The van der Waals surface area contributed by atoms with Gasteiger partial charge in [-0.05, 0) is 81.4 Å². The molecule has 2 aromatic carbocycles. The van der Waals surface area contributed by atoms with Crippen LogP contribution >= 0.6 is 0 Å². The number of aliphatic hydroxyl groups excluding tert-OH is 2. The summed E-state index contributed by atoms with van der Waals surface area (Å²) in [6.07, 6.45) is 14.3. The van der Waals surface area contributed by atoms with E-state index in [-0.39, 0.29) is 95.4 Å². The molecule has 2 aliphatic heterocycles. The minimum absolute atomic E-state index is 0.0186. The summed E-state index contributed by atoms with van der Waals surface area (Å²) in [5.41, 5.74) is 24.5. The number of carbonyl (C=O) groups is 16. The van der Waals surface area contributed by atoms with Crippen LogP contribution in [0.25, 0.3) is 10.9 Å². The number of guanidine groups is 1. The highest BCUT2D eigenvalue weighted by Gasteiger charge is 2.44. The first-order valence-electron chi connectivity index (χ1n) is 43.6. The number of aromatic nitrogens is 3. The van der Waals surface area contributed by atoms with Crippen LogP contribution in [0.2, 0.25) is 0 Å². The highest BCUT2D eigenvalue weighted by atomic mass is 16.3. The van der Waals surface area contributed by atoms with E-state index in [9.17, 15) is 77.3 Å². The summed E-state index contributed by atoms with van der Waals surface area (Å²) in [6.45, 7) is 1.79. The SMILES string of the molecule is CCCCCCCCCCCCCCCC(=O)NCC(=O)N[C@@H](CCC(N)=O)C(=O)N[C@@H](CCC(N)=O)C(=O)N[C@@H](Cc1cnc[nH]1)C(=O)N[C@@H](CO)C(=O)N[C@@H](CCCC)C(=O)N[C@H]1CCC(=O)NCCCC[C@@H](C(N)=O)NC(=O)[C@H](Cc2c[nH]c3ccccc23)NC(=O)[C@H](CCCNC(=N)N)NC(=O)[C@@H](Cc2ccccc2)NC(=O)[C@@H]2CC(O)CN2C1=O. The number of H-pyrrole nitrogens is 2. The Labute approximate surface area is 727 Å². The Morgan fingerprint density at radius 3 is 1.75 bits per heavy atom. The number of nitrogens with one attached hydrogen (secondary N) is 16. The van der Waals surface area contributed by atoms with Gasteiger partial charge in [-0.1, -0.05) is 152 Å². The minimum Gasteiger partial charge on any atom is -0.394 e. The molecule has 688 valence electrons. The van der Waals surface area contributed by atoms with E-state index in [1.807, 2.05) is 12.1 Å². The van der Waals surface area contributed by atoms with Gasteiger partial charge in [-0.2, -0.15) is 0 Å². The second-order valence-corrected chi connectivity index (χ2v) is 32.0. The zero-order chi connectivity index (χ0) is 91.2. The van der Waals surface area contributed by atoms with Gasteiger partial charge in [-0.15, -0.1) is 0 Å². The normalized spacial score (nSPS) is 19.4. The number of unbranched alkanes of at least 4 members (excludes halogenated alkanes) is 13. The molecule has 6 rings (SSSR count). The first-order valence-corrected chi connectivity index (χ1v) is 43.6. The van der Waals surface area contributed by atoms with Gasteiger partial charge in [0.2, 0.25) is 94.5 Å². The smallest absolute Gasteiger partial charge is 0.245 e. The zero-order valence-corrected chi connectivity index (χ0v) is 71.6. The van der Waals surface area contributed by atoms with E-state index in [1.54, 1.807) is 55.6 Å². The molecule has 0 saturated carbocycles. The monoisotopic (exact) mass is 1750 g/mol. The quantitative estimate of drug-likeness (QED) is 0.0141. The molecule has 0 spiro atoms. The average molecular weight is 1750 g/mol. The Balaban J connectivity index is 1.21. The molecule has 2 fully saturated rings. The molecule has 125 heavy (non-hydrogen) atoms. The van der Waals surface area contributed by atoms with Crippen LogP contribution in [0, 0.1) is 5.41 Å². The van der Waals surface area contributed by atoms with E-state index in [1.165, 1.54) is 63.9 Å². The lowest BCUT2D eigenvalue weighted by Gasteiger charge is -2.31. The average Bonchev–Trinajstić information content (AvgIpc) is 1.69. The fourth-order valence-electron chi connectivity index (χ4n) is 14.8. The molecular formula is C85H130N22O18. The van der Waals surface area contributed by atoms with Crippen molar-refractivity contribution in [3.8, 4) is 0 Å². The maximum absolute atomic E-state index is 15.3. The number of rotatable bonds is 48. The number of carbonyl (C=O) groups excluding carboxylic acids is 16. The Kier molecular flexibility index (Phi) is 44.9. The molecule has 12 atom stereocenters. The van der Waals surface area contributed by atoms with Gasteiger partial charge in [0.25, 0.3) is 0 Å². The van der Waals surface area contributed by atoms with Crippen LogP contribution in [0.3, 0.4) is 0 Å². The standard InChI is InChI=1S/C85H130N22O18/c1-3-5-7-8-9-10-11-12-13-14-15-16-20-33-71(112)95-48-73(114)97-61(34-37-69(86)110)77(118)101-62(35-38-70(87)111)78(119)104-66(44-54-47-91-51-96-54)81(122)106-67(50-108)82(123)100-59(29-6-4-2)75(116)102-63-36-39-72(113)92-40-24-23-31-58(74(88)115)98-80(121)65(43-53-46-94-57-30-22-21-28-56(53)57)103-76(117)60(32-25-41-93-85(89)90)99-79(120)64(42-52-26-18-17-19-27-52)105-83(124)68-45-55(109)49-107(68)84(63)125/h17-19,21-22,26-28,30,46-47,51,55,58-68,94,108-109H,3-16,20,23-25,29,31-45,48-50H2,1-2H3,(H2,86,110)(H2,87,111)(H2,88,115)(H,91,96)(H,92,113)(H,95,112)(H,97,114)(H,98,121)(H,99,120)(H,100,123)(H,101,118)(H,102,116)(H,103,117)(H,104,119)(H,105,124)(H,106,122)(H4,89,90,93)/t55?,58-,59-,60-,61-,62-,63-,64+,65-,66-,67-,68-/m0/s1. The summed E-state index contributed by atoms with van der Waals surface area (Å²) in [4.78, 5) is 236. The minimum atomic E-state index is -1.91. The second kappa shape index (κ2) is 55.2. The number of benzene rings is 2. The third-order valence-electron chi connectivity index (χ3n) is 21.8. The number of imidazole rings is 1. The van der Waals surface area contributed by atoms with Gasteiger partial charge < -0.3 is 117 Å².